The first kappa shape index (κ1) is 21.3. The van der Waals surface area contributed by atoms with Crippen LogP contribution in [-0.2, 0) is 9.59 Å². The Morgan fingerprint density at radius 1 is 0.966 bits per heavy atom. The highest BCUT2D eigenvalue weighted by molar-refractivity contribution is 6.31. The fourth-order valence-electron chi connectivity index (χ4n) is 3.05. The van der Waals surface area contributed by atoms with Gasteiger partial charge in [-0.2, -0.15) is 0 Å². The summed E-state index contributed by atoms with van der Waals surface area (Å²) in [5.41, 5.74) is 1.05. The molecule has 3 rings (SSSR count). The third-order valence-electron chi connectivity index (χ3n) is 4.65. The van der Waals surface area contributed by atoms with E-state index in [2.05, 4.69) is 10.2 Å². The molecule has 1 heterocycles. The maximum Gasteiger partial charge on any atom is 0.242 e. The molecular formula is C21H23Cl2N3O3. The minimum absolute atomic E-state index is 0.00303. The maximum absolute atomic E-state index is 12.4. The average molecular weight is 436 g/mol. The number of halogens is 2. The van der Waals surface area contributed by atoms with Gasteiger partial charge in [-0.05, 0) is 42.5 Å². The van der Waals surface area contributed by atoms with Crippen LogP contribution in [0.25, 0.3) is 0 Å². The van der Waals surface area contributed by atoms with Crippen molar-refractivity contribution in [1.82, 2.24) is 10.2 Å². The summed E-state index contributed by atoms with van der Waals surface area (Å²) < 4.78 is 5.49. The fraction of sp³-hybridized carbons (Fsp3) is 0.333. The van der Waals surface area contributed by atoms with Gasteiger partial charge in [0.25, 0.3) is 0 Å². The van der Waals surface area contributed by atoms with Crippen molar-refractivity contribution in [2.45, 2.75) is 6.42 Å². The van der Waals surface area contributed by atoms with Gasteiger partial charge in [-0.1, -0.05) is 29.3 Å². The van der Waals surface area contributed by atoms with E-state index >= 15 is 0 Å². The molecule has 154 valence electrons. The first-order valence-corrected chi connectivity index (χ1v) is 10.2. The van der Waals surface area contributed by atoms with Crippen LogP contribution >= 0.6 is 23.2 Å². The monoisotopic (exact) mass is 435 g/mol. The van der Waals surface area contributed by atoms with E-state index in [-0.39, 0.29) is 31.4 Å². The Balaban J connectivity index is 1.34. The zero-order chi connectivity index (χ0) is 20.6. The Labute approximate surface area is 180 Å². The van der Waals surface area contributed by atoms with Gasteiger partial charge in [-0.25, -0.2) is 0 Å². The molecule has 1 N–H and O–H groups in total. The van der Waals surface area contributed by atoms with Gasteiger partial charge < -0.3 is 19.9 Å². The van der Waals surface area contributed by atoms with E-state index in [1.165, 1.54) is 0 Å². The Morgan fingerprint density at radius 3 is 2.38 bits per heavy atom. The number of benzene rings is 2. The molecular weight excluding hydrogens is 413 g/mol. The highest BCUT2D eigenvalue weighted by Gasteiger charge is 2.21. The van der Waals surface area contributed by atoms with Crippen molar-refractivity contribution >= 4 is 40.7 Å². The Morgan fingerprint density at radius 2 is 1.69 bits per heavy atom. The molecule has 0 radical (unpaired) electrons. The van der Waals surface area contributed by atoms with Crippen LogP contribution in [0.15, 0.2) is 48.5 Å². The normalized spacial score (nSPS) is 13.9. The van der Waals surface area contributed by atoms with Crippen LogP contribution in [-0.4, -0.2) is 56.0 Å². The molecule has 0 bridgehead atoms. The fourth-order valence-corrected chi connectivity index (χ4v) is 3.36. The lowest BCUT2D eigenvalue weighted by atomic mass is 10.2. The highest BCUT2D eigenvalue weighted by Crippen LogP contribution is 2.20. The molecule has 2 aromatic carbocycles. The van der Waals surface area contributed by atoms with Crippen LogP contribution in [0.4, 0.5) is 5.69 Å². The molecule has 0 saturated carbocycles. The van der Waals surface area contributed by atoms with Crippen LogP contribution in [0, 0.1) is 0 Å². The smallest absolute Gasteiger partial charge is 0.242 e. The highest BCUT2D eigenvalue weighted by atomic mass is 35.5. The minimum Gasteiger partial charge on any atom is -0.493 e. The molecule has 0 atom stereocenters. The van der Waals surface area contributed by atoms with E-state index in [1.807, 2.05) is 24.3 Å². The first-order valence-electron chi connectivity index (χ1n) is 9.44. The van der Waals surface area contributed by atoms with E-state index in [0.29, 0.717) is 28.9 Å². The Hall–Kier alpha value is -2.44. The molecule has 0 aliphatic carbocycles. The zero-order valence-corrected chi connectivity index (χ0v) is 17.5. The number of nitrogens with zero attached hydrogens (tertiary/aromatic N) is 2. The van der Waals surface area contributed by atoms with Crippen LogP contribution in [0.3, 0.4) is 0 Å². The molecule has 1 fully saturated rings. The summed E-state index contributed by atoms with van der Waals surface area (Å²) >= 11 is 11.9. The molecule has 6 nitrogen and oxygen atoms in total. The van der Waals surface area contributed by atoms with Crippen LogP contribution in [0.1, 0.15) is 6.42 Å². The van der Waals surface area contributed by atoms with Gasteiger partial charge in [0.2, 0.25) is 11.8 Å². The van der Waals surface area contributed by atoms with Crippen molar-refractivity contribution in [3.8, 4) is 5.75 Å². The number of carbonyl (C=O) groups excluding carboxylic acids is 2. The van der Waals surface area contributed by atoms with Gasteiger partial charge in [0.15, 0.2) is 0 Å². The molecule has 0 spiro atoms. The van der Waals surface area contributed by atoms with E-state index in [4.69, 9.17) is 27.9 Å². The number of ether oxygens (including phenoxy) is 1. The van der Waals surface area contributed by atoms with Gasteiger partial charge >= 0.3 is 0 Å². The molecule has 0 aromatic heterocycles. The third-order valence-corrected chi connectivity index (χ3v) is 5.14. The number of hydrogen-bond donors (Lipinski definition) is 1. The summed E-state index contributed by atoms with van der Waals surface area (Å²) in [6.07, 6.45) is 0.179. The minimum atomic E-state index is -0.218. The van der Waals surface area contributed by atoms with Crippen molar-refractivity contribution < 1.29 is 14.3 Å². The maximum atomic E-state index is 12.4. The quantitative estimate of drug-likeness (QED) is 0.724. The standard InChI is InChI=1S/C21H23Cl2N3O3/c22-16-4-6-19(7-5-16)29-13-8-20(27)24-15-21(28)26-11-9-25(10-12-26)18-3-1-2-17(23)14-18/h1-7,14H,8-13,15H2,(H,24,27). The predicted molar refractivity (Wildman–Crippen MR) is 115 cm³/mol. The molecule has 29 heavy (non-hydrogen) atoms. The van der Waals surface area contributed by atoms with Crippen LogP contribution in [0.2, 0.25) is 10.0 Å². The lowest BCUT2D eigenvalue weighted by molar-refractivity contribution is -0.133. The molecule has 0 unspecified atom stereocenters. The number of piperazine rings is 1. The number of anilines is 1. The van der Waals surface area contributed by atoms with E-state index in [9.17, 15) is 9.59 Å². The Kier molecular flexibility index (Phi) is 7.61. The number of rotatable bonds is 7. The number of carbonyl (C=O) groups is 2. The van der Waals surface area contributed by atoms with Crippen molar-refractivity contribution in [1.29, 1.82) is 0 Å². The average Bonchev–Trinajstić information content (AvgIpc) is 2.73. The third kappa shape index (κ3) is 6.54. The van der Waals surface area contributed by atoms with Gasteiger partial charge in [-0.3, -0.25) is 9.59 Å². The van der Waals surface area contributed by atoms with Crippen molar-refractivity contribution in [2.24, 2.45) is 0 Å². The lowest BCUT2D eigenvalue weighted by Gasteiger charge is -2.36. The number of hydrogen-bond acceptors (Lipinski definition) is 4. The SMILES string of the molecule is O=C(CCOc1ccc(Cl)cc1)NCC(=O)N1CCN(c2cccc(Cl)c2)CC1. The van der Waals surface area contributed by atoms with Gasteiger partial charge in [0.05, 0.1) is 19.6 Å². The van der Waals surface area contributed by atoms with Crippen molar-refractivity contribution in [3.63, 3.8) is 0 Å². The molecule has 2 amide bonds. The summed E-state index contributed by atoms with van der Waals surface area (Å²) in [6, 6.07) is 14.6. The van der Waals surface area contributed by atoms with Crippen molar-refractivity contribution in [3.05, 3.63) is 58.6 Å². The second kappa shape index (κ2) is 10.4. The first-order chi connectivity index (χ1) is 14.0. The number of amides is 2. The second-order valence-corrected chi connectivity index (χ2v) is 7.55. The number of nitrogens with one attached hydrogen (secondary N) is 1. The molecule has 1 saturated heterocycles. The van der Waals surface area contributed by atoms with E-state index in [0.717, 1.165) is 18.8 Å². The summed E-state index contributed by atoms with van der Waals surface area (Å²) in [4.78, 5) is 28.3. The lowest BCUT2D eigenvalue weighted by Crippen LogP contribution is -2.51. The summed E-state index contributed by atoms with van der Waals surface area (Å²) in [5, 5.41) is 3.99. The predicted octanol–water partition coefficient (Wildman–Crippen LogP) is 3.23. The van der Waals surface area contributed by atoms with Gasteiger partial charge in [-0.15, -0.1) is 0 Å². The van der Waals surface area contributed by atoms with Crippen LogP contribution in [0.5, 0.6) is 5.75 Å². The molecule has 2 aromatic rings. The van der Waals surface area contributed by atoms with E-state index < -0.39 is 0 Å². The Bertz CT molecular complexity index is 837. The van der Waals surface area contributed by atoms with Gasteiger partial charge in [0, 0.05) is 41.9 Å². The largest absolute Gasteiger partial charge is 0.493 e. The van der Waals surface area contributed by atoms with Crippen LogP contribution < -0.4 is 15.0 Å². The van der Waals surface area contributed by atoms with Crippen molar-refractivity contribution in [2.75, 3.05) is 44.2 Å². The zero-order valence-electron chi connectivity index (χ0n) is 15.9. The molecule has 1 aliphatic heterocycles. The molecule has 8 heteroatoms. The topological polar surface area (TPSA) is 61.9 Å². The second-order valence-electron chi connectivity index (χ2n) is 6.68. The van der Waals surface area contributed by atoms with E-state index in [1.54, 1.807) is 29.2 Å². The molecule has 1 aliphatic rings. The van der Waals surface area contributed by atoms with Gasteiger partial charge in [0.1, 0.15) is 5.75 Å². The summed E-state index contributed by atoms with van der Waals surface area (Å²) in [7, 11) is 0. The summed E-state index contributed by atoms with van der Waals surface area (Å²) in [6.45, 7) is 2.92. The summed E-state index contributed by atoms with van der Waals surface area (Å²) in [5.74, 6) is 0.350.